The fourth-order valence-electron chi connectivity index (χ4n) is 1.89. The van der Waals surface area contributed by atoms with E-state index in [0.717, 1.165) is 10.6 Å². The van der Waals surface area contributed by atoms with E-state index in [1.54, 1.807) is 20.8 Å². The maximum absolute atomic E-state index is 11.7. The van der Waals surface area contributed by atoms with Crippen molar-refractivity contribution in [1.29, 1.82) is 0 Å². The minimum atomic E-state index is -0.564. The van der Waals surface area contributed by atoms with E-state index in [1.807, 2.05) is 35.7 Å². The molecule has 25 heavy (non-hydrogen) atoms. The lowest BCUT2D eigenvalue weighted by atomic mass is 10.2. The highest BCUT2D eigenvalue weighted by atomic mass is 32.1. The number of hydrogen-bond donors (Lipinski definition) is 1. The standard InChI is InChI=1S/C18H22N2O4S/c1-18(2,3)24-17(22)19-10-9-15(21)23-11-14-12-25-16(20-14)13-7-5-4-6-8-13/h4-8,12H,9-11H2,1-3H3,(H,19,22). The van der Waals surface area contributed by atoms with Crippen molar-refractivity contribution in [2.75, 3.05) is 6.54 Å². The van der Waals surface area contributed by atoms with Crippen LogP contribution in [-0.4, -0.2) is 29.2 Å². The highest BCUT2D eigenvalue weighted by Gasteiger charge is 2.16. The fraction of sp³-hybridized carbons (Fsp3) is 0.389. The van der Waals surface area contributed by atoms with Crippen LogP contribution in [0.4, 0.5) is 4.79 Å². The van der Waals surface area contributed by atoms with Gasteiger partial charge in [-0.3, -0.25) is 4.79 Å². The number of benzene rings is 1. The van der Waals surface area contributed by atoms with E-state index in [1.165, 1.54) is 11.3 Å². The van der Waals surface area contributed by atoms with Crippen LogP contribution < -0.4 is 5.32 Å². The Morgan fingerprint density at radius 2 is 1.92 bits per heavy atom. The normalized spacial score (nSPS) is 11.0. The van der Waals surface area contributed by atoms with Crippen LogP contribution in [-0.2, 0) is 20.9 Å². The van der Waals surface area contributed by atoms with Gasteiger partial charge in [-0.2, -0.15) is 0 Å². The molecule has 1 aromatic heterocycles. The number of hydrogen-bond acceptors (Lipinski definition) is 6. The van der Waals surface area contributed by atoms with Crippen LogP contribution >= 0.6 is 11.3 Å². The van der Waals surface area contributed by atoms with Crippen molar-refractivity contribution in [2.24, 2.45) is 0 Å². The van der Waals surface area contributed by atoms with Crippen molar-refractivity contribution in [3.8, 4) is 10.6 Å². The van der Waals surface area contributed by atoms with E-state index in [0.29, 0.717) is 5.69 Å². The Labute approximate surface area is 151 Å². The summed E-state index contributed by atoms with van der Waals surface area (Å²) in [4.78, 5) is 27.6. The Morgan fingerprint density at radius 3 is 2.60 bits per heavy atom. The molecule has 0 fully saturated rings. The van der Waals surface area contributed by atoms with Gasteiger partial charge in [-0.25, -0.2) is 9.78 Å². The third-order valence-electron chi connectivity index (χ3n) is 2.95. The molecule has 0 radical (unpaired) electrons. The number of nitrogens with zero attached hydrogens (tertiary/aromatic N) is 1. The molecule has 0 spiro atoms. The van der Waals surface area contributed by atoms with Crippen molar-refractivity contribution in [1.82, 2.24) is 10.3 Å². The van der Waals surface area contributed by atoms with Gasteiger partial charge in [-0.05, 0) is 20.8 Å². The first-order valence-corrected chi connectivity index (χ1v) is 8.84. The van der Waals surface area contributed by atoms with Crippen LogP contribution in [0.3, 0.4) is 0 Å². The third kappa shape index (κ3) is 6.93. The Kier molecular flexibility index (Phi) is 6.52. The van der Waals surface area contributed by atoms with Gasteiger partial charge in [-0.1, -0.05) is 30.3 Å². The number of amides is 1. The summed E-state index contributed by atoms with van der Waals surface area (Å²) < 4.78 is 10.3. The number of nitrogens with one attached hydrogen (secondary N) is 1. The van der Waals surface area contributed by atoms with Crippen LogP contribution in [0.2, 0.25) is 0 Å². The van der Waals surface area contributed by atoms with Crippen molar-refractivity contribution < 1.29 is 19.1 Å². The van der Waals surface area contributed by atoms with Crippen molar-refractivity contribution >= 4 is 23.4 Å². The summed E-state index contributed by atoms with van der Waals surface area (Å²) in [5.74, 6) is -0.398. The van der Waals surface area contributed by atoms with Gasteiger partial charge in [0.2, 0.25) is 0 Å². The molecule has 0 unspecified atom stereocenters. The maximum atomic E-state index is 11.7. The summed E-state index contributed by atoms with van der Waals surface area (Å²) in [5, 5.41) is 5.28. The van der Waals surface area contributed by atoms with E-state index in [4.69, 9.17) is 9.47 Å². The van der Waals surface area contributed by atoms with Crippen LogP contribution in [0, 0.1) is 0 Å². The average molecular weight is 362 g/mol. The minimum Gasteiger partial charge on any atom is -0.459 e. The monoisotopic (exact) mass is 362 g/mol. The molecule has 7 heteroatoms. The first-order valence-electron chi connectivity index (χ1n) is 7.96. The molecular weight excluding hydrogens is 340 g/mol. The Bertz CT molecular complexity index is 707. The largest absolute Gasteiger partial charge is 0.459 e. The smallest absolute Gasteiger partial charge is 0.407 e. The van der Waals surface area contributed by atoms with Crippen LogP contribution in [0.5, 0.6) is 0 Å². The molecule has 1 amide bonds. The van der Waals surface area contributed by atoms with Gasteiger partial charge in [0.15, 0.2) is 0 Å². The summed E-state index contributed by atoms with van der Waals surface area (Å²) in [6.45, 7) is 5.61. The second kappa shape index (κ2) is 8.62. The number of alkyl carbamates (subject to hydrolysis) is 1. The molecular formula is C18H22N2O4S. The predicted octanol–water partition coefficient (Wildman–Crippen LogP) is 3.77. The molecule has 2 aromatic rings. The van der Waals surface area contributed by atoms with E-state index >= 15 is 0 Å². The molecule has 0 saturated heterocycles. The van der Waals surface area contributed by atoms with Gasteiger partial charge in [0.1, 0.15) is 17.2 Å². The fourth-order valence-corrected chi connectivity index (χ4v) is 2.70. The third-order valence-corrected chi connectivity index (χ3v) is 3.89. The second-order valence-corrected chi connectivity index (χ2v) is 7.21. The quantitative estimate of drug-likeness (QED) is 0.792. The summed E-state index contributed by atoms with van der Waals surface area (Å²) in [6, 6.07) is 9.82. The number of thiazole rings is 1. The zero-order valence-corrected chi connectivity index (χ0v) is 15.4. The van der Waals surface area contributed by atoms with Gasteiger partial charge in [0.25, 0.3) is 0 Å². The van der Waals surface area contributed by atoms with Gasteiger partial charge in [0, 0.05) is 17.5 Å². The first-order chi connectivity index (χ1) is 11.8. The van der Waals surface area contributed by atoms with E-state index in [-0.39, 0.29) is 19.6 Å². The molecule has 0 atom stereocenters. The van der Waals surface area contributed by atoms with Crippen LogP contribution in [0.1, 0.15) is 32.9 Å². The topological polar surface area (TPSA) is 77.5 Å². The SMILES string of the molecule is CC(C)(C)OC(=O)NCCC(=O)OCc1csc(-c2ccccc2)n1. The Hall–Kier alpha value is -2.41. The molecule has 6 nitrogen and oxygen atoms in total. The summed E-state index contributed by atoms with van der Waals surface area (Å²) in [7, 11) is 0. The van der Waals surface area contributed by atoms with Crippen LogP contribution in [0.25, 0.3) is 10.6 Å². The van der Waals surface area contributed by atoms with E-state index in [9.17, 15) is 9.59 Å². The minimum absolute atomic E-state index is 0.0783. The number of aromatic nitrogens is 1. The Morgan fingerprint density at radius 1 is 1.20 bits per heavy atom. The van der Waals surface area contributed by atoms with Crippen LogP contribution in [0.15, 0.2) is 35.7 Å². The molecule has 0 aliphatic heterocycles. The molecule has 1 heterocycles. The van der Waals surface area contributed by atoms with Gasteiger partial charge in [-0.15, -0.1) is 11.3 Å². The van der Waals surface area contributed by atoms with E-state index < -0.39 is 17.7 Å². The lowest BCUT2D eigenvalue weighted by Gasteiger charge is -2.19. The molecule has 1 aromatic carbocycles. The van der Waals surface area contributed by atoms with Crippen molar-refractivity contribution in [3.05, 3.63) is 41.4 Å². The molecule has 2 rings (SSSR count). The second-order valence-electron chi connectivity index (χ2n) is 6.35. The lowest BCUT2D eigenvalue weighted by molar-refractivity contribution is -0.144. The van der Waals surface area contributed by atoms with Gasteiger partial charge >= 0.3 is 12.1 Å². The van der Waals surface area contributed by atoms with Crippen molar-refractivity contribution in [3.63, 3.8) is 0 Å². The Balaban J connectivity index is 1.70. The molecule has 1 N–H and O–H groups in total. The number of esters is 1. The highest BCUT2D eigenvalue weighted by Crippen LogP contribution is 2.23. The number of rotatable bonds is 6. The lowest BCUT2D eigenvalue weighted by Crippen LogP contribution is -2.33. The summed E-state index contributed by atoms with van der Waals surface area (Å²) >= 11 is 1.51. The molecule has 0 aliphatic carbocycles. The number of carbonyl (C=O) groups is 2. The molecule has 134 valence electrons. The van der Waals surface area contributed by atoms with E-state index in [2.05, 4.69) is 10.3 Å². The summed E-state index contributed by atoms with van der Waals surface area (Å²) in [5.41, 5.74) is 1.18. The van der Waals surface area contributed by atoms with Crippen molar-refractivity contribution in [2.45, 2.75) is 39.4 Å². The van der Waals surface area contributed by atoms with Gasteiger partial charge < -0.3 is 14.8 Å². The highest BCUT2D eigenvalue weighted by molar-refractivity contribution is 7.13. The number of ether oxygens (including phenoxy) is 2. The molecule has 0 bridgehead atoms. The maximum Gasteiger partial charge on any atom is 0.407 e. The summed E-state index contributed by atoms with van der Waals surface area (Å²) in [6.07, 6.45) is -0.470. The predicted molar refractivity (Wildman–Crippen MR) is 96.2 cm³/mol. The zero-order chi connectivity index (χ0) is 18.3. The molecule has 0 saturated carbocycles. The number of carbonyl (C=O) groups excluding carboxylic acids is 2. The first kappa shape index (κ1) is 18.9. The van der Waals surface area contributed by atoms with Gasteiger partial charge in [0.05, 0.1) is 12.1 Å². The average Bonchev–Trinajstić information content (AvgIpc) is 3.01. The zero-order valence-electron chi connectivity index (χ0n) is 14.6. The molecule has 0 aliphatic rings.